The highest BCUT2D eigenvalue weighted by molar-refractivity contribution is 6.06. The number of rotatable bonds is 4. The molecule has 0 radical (unpaired) electrons. The fraction of sp³-hybridized carbons (Fsp3) is 0.143. The summed E-state index contributed by atoms with van der Waals surface area (Å²) in [6.45, 7) is 1.29. The number of hydrogen-bond donors (Lipinski definition) is 2. The number of imidazole rings is 1. The van der Waals surface area contributed by atoms with Gasteiger partial charge in [0.15, 0.2) is 0 Å². The molecule has 2 aromatic heterocycles. The molecule has 0 fully saturated rings. The number of H-pyrrole nitrogens is 1. The summed E-state index contributed by atoms with van der Waals surface area (Å²) < 4.78 is 1.93. The molecule has 0 spiro atoms. The SMILES string of the molecule is O=C(NCCn1ccnc1)c1c[nH]c2ccccc12. The average Bonchev–Trinajstić information content (AvgIpc) is 3.07. The number of benzene rings is 1. The summed E-state index contributed by atoms with van der Waals surface area (Å²) in [6.07, 6.45) is 7.08. The topological polar surface area (TPSA) is 62.7 Å². The molecular weight excluding hydrogens is 240 g/mol. The Labute approximate surface area is 110 Å². The van der Waals surface area contributed by atoms with Gasteiger partial charge in [-0.3, -0.25) is 4.79 Å². The fourth-order valence-corrected chi connectivity index (χ4v) is 2.07. The molecule has 0 unspecified atom stereocenters. The molecular formula is C14H14N4O. The number of carbonyl (C=O) groups excluding carboxylic acids is 1. The van der Waals surface area contributed by atoms with Crippen molar-refractivity contribution in [3.63, 3.8) is 0 Å². The van der Waals surface area contributed by atoms with Gasteiger partial charge in [0.2, 0.25) is 0 Å². The second kappa shape index (κ2) is 4.97. The number of aromatic nitrogens is 3. The molecule has 2 heterocycles. The summed E-state index contributed by atoms with van der Waals surface area (Å²) in [4.78, 5) is 19.1. The van der Waals surface area contributed by atoms with Crippen LogP contribution in [0, 0.1) is 0 Å². The zero-order valence-corrected chi connectivity index (χ0v) is 10.3. The van der Waals surface area contributed by atoms with Crippen LogP contribution in [-0.2, 0) is 6.54 Å². The summed E-state index contributed by atoms with van der Waals surface area (Å²) >= 11 is 0. The molecule has 3 rings (SSSR count). The number of amides is 1. The Bertz CT molecular complexity index is 684. The van der Waals surface area contributed by atoms with Gasteiger partial charge in [-0.25, -0.2) is 4.98 Å². The molecule has 0 aliphatic rings. The normalized spacial score (nSPS) is 10.7. The molecule has 1 aromatic carbocycles. The van der Waals surface area contributed by atoms with E-state index in [-0.39, 0.29) is 5.91 Å². The van der Waals surface area contributed by atoms with E-state index in [4.69, 9.17) is 0 Å². The lowest BCUT2D eigenvalue weighted by Gasteiger charge is -2.04. The summed E-state index contributed by atoms with van der Waals surface area (Å²) in [5.41, 5.74) is 1.66. The van der Waals surface area contributed by atoms with Crippen LogP contribution in [0.4, 0.5) is 0 Å². The Kier molecular flexibility index (Phi) is 3.02. The molecule has 0 aliphatic carbocycles. The van der Waals surface area contributed by atoms with E-state index < -0.39 is 0 Å². The molecule has 2 N–H and O–H groups in total. The van der Waals surface area contributed by atoms with Gasteiger partial charge in [-0.05, 0) is 6.07 Å². The van der Waals surface area contributed by atoms with Crippen molar-refractivity contribution in [2.24, 2.45) is 0 Å². The number of para-hydroxylation sites is 1. The molecule has 0 atom stereocenters. The fourth-order valence-electron chi connectivity index (χ4n) is 2.07. The van der Waals surface area contributed by atoms with Crippen molar-refractivity contribution < 1.29 is 4.79 Å². The van der Waals surface area contributed by atoms with E-state index in [2.05, 4.69) is 15.3 Å². The van der Waals surface area contributed by atoms with E-state index in [0.717, 1.165) is 10.9 Å². The first-order valence-corrected chi connectivity index (χ1v) is 6.14. The van der Waals surface area contributed by atoms with Crippen LogP contribution in [0.25, 0.3) is 10.9 Å². The molecule has 19 heavy (non-hydrogen) atoms. The number of hydrogen-bond acceptors (Lipinski definition) is 2. The highest BCUT2D eigenvalue weighted by atomic mass is 16.1. The highest BCUT2D eigenvalue weighted by Gasteiger charge is 2.10. The van der Waals surface area contributed by atoms with Crippen molar-refractivity contribution in [1.82, 2.24) is 19.9 Å². The van der Waals surface area contributed by atoms with Crippen molar-refractivity contribution in [3.8, 4) is 0 Å². The van der Waals surface area contributed by atoms with Gasteiger partial charge in [-0.2, -0.15) is 0 Å². The van der Waals surface area contributed by atoms with Gasteiger partial charge in [0, 0.05) is 42.6 Å². The van der Waals surface area contributed by atoms with Crippen molar-refractivity contribution >= 4 is 16.8 Å². The lowest BCUT2D eigenvalue weighted by Crippen LogP contribution is -2.26. The summed E-state index contributed by atoms with van der Waals surface area (Å²) in [5, 5.41) is 3.85. The molecule has 0 saturated carbocycles. The summed E-state index contributed by atoms with van der Waals surface area (Å²) in [6, 6.07) is 7.77. The zero-order valence-electron chi connectivity index (χ0n) is 10.3. The van der Waals surface area contributed by atoms with Crippen LogP contribution in [0.2, 0.25) is 0 Å². The van der Waals surface area contributed by atoms with Crippen molar-refractivity contribution in [1.29, 1.82) is 0 Å². The highest BCUT2D eigenvalue weighted by Crippen LogP contribution is 2.17. The Morgan fingerprint density at radius 2 is 2.26 bits per heavy atom. The van der Waals surface area contributed by atoms with Crippen molar-refractivity contribution in [3.05, 3.63) is 54.7 Å². The van der Waals surface area contributed by atoms with Crippen LogP contribution < -0.4 is 5.32 Å². The average molecular weight is 254 g/mol. The van der Waals surface area contributed by atoms with Gasteiger partial charge in [0.1, 0.15) is 0 Å². The van der Waals surface area contributed by atoms with E-state index in [0.29, 0.717) is 18.7 Å². The van der Waals surface area contributed by atoms with Gasteiger partial charge in [0.25, 0.3) is 5.91 Å². The van der Waals surface area contributed by atoms with Gasteiger partial charge in [-0.1, -0.05) is 18.2 Å². The smallest absolute Gasteiger partial charge is 0.253 e. The number of aromatic amines is 1. The molecule has 5 nitrogen and oxygen atoms in total. The third kappa shape index (κ3) is 2.35. The minimum absolute atomic E-state index is 0.0578. The third-order valence-corrected chi connectivity index (χ3v) is 3.05. The Balaban J connectivity index is 1.67. The van der Waals surface area contributed by atoms with Crippen LogP contribution in [-0.4, -0.2) is 27.0 Å². The third-order valence-electron chi connectivity index (χ3n) is 3.05. The molecule has 0 bridgehead atoms. The Morgan fingerprint density at radius 1 is 1.37 bits per heavy atom. The first-order chi connectivity index (χ1) is 9.34. The van der Waals surface area contributed by atoms with Gasteiger partial charge >= 0.3 is 0 Å². The molecule has 0 aliphatic heterocycles. The van der Waals surface area contributed by atoms with Gasteiger partial charge < -0.3 is 14.9 Å². The predicted octanol–water partition coefficient (Wildman–Crippen LogP) is 1.79. The maximum Gasteiger partial charge on any atom is 0.253 e. The predicted molar refractivity (Wildman–Crippen MR) is 72.9 cm³/mol. The standard InChI is InChI=1S/C14H14N4O/c19-14(16-6-8-18-7-5-15-10-18)12-9-17-13-4-2-1-3-11(12)13/h1-5,7,9-10,17H,6,8H2,(H,16,19). The van der Waals surface area contributed by atoms with Gasteiger partial charge in [0.05, 0.1) is 11.9 Å². The van der Waals surface area contributed by atoms with Crippen LogP contribution in [0.15, 0.2) is 49.2 Å². The molecule has 5 heteroatoms. The monoisotopic (exact) mass is 254 g/mol. The minimum Gasteiger partial charge on any atom is -0.360 e. The van der Waals surface area contributed by atoms with Crippen LogP contribution in [0.3, 0.4) is 0 Å². The first kappa shape index (κ1) is 11.5. The van der Waals surface area contributed by atoms with Crippen molar-refractivity contribution in [2.75, 3.05) is 6.54 Å². The second-order valence-electron chi connectivity index (χ2n) is 4.30. The van der Waals surface area contributed by atoms with E-state index in [1.54, 1.807) is 18.7 Å². The maximum absolute atomic E-state index is 12.1. The second-order valence-corrected chi connectivity index (χ2v) is 4.30. The maximum atomic E-state index is 12.1. The van der Waals surface area contributed by atoms with E-state index in [9.17, 15) is 4.79 Å². The van der Waals surface area contributed by atoms with E-state index in [1.807, 2.05) is 35.0 Å². The summed E-state index contributed by atoms with van der Waals surface area (Å²) in [7, 11) is 0. The van der Waals surface area contributed by atoms with Gasteiger partial charge in [-0.15, -0.1) is 0 Å². The van der Waals surface area contributed by atoms with Crippen molar-refractivity contribution in [2.45, 2.75) is 6.54 Å². The van der Waals surface area contributed by atoms with Crippen LogP contribution in [0.5, 0.6) is 0 Å². The first-order valence-electron chi connectivity index (χ1n) is 6.14. The summed E-state index contributed by atoms with van der Waals surface area (Å²) in [5.74, 6) is -0.0578. The number of carbonyl (C=O) groups is 1. The lowest BCUT2D eigenvalue weighted by molar-refractivity contribution is 0.0954. The Morgan fingerprint density at radius 3 is 3.11 bits per heavy atom. The zero-order chi connectivity index (χ0) is 13.1. The molecule has 0 saturated heterocycles. The number of fused-ring (bicyclic) bond motifs is 1. The van der Waals surface area contributed by atoms with Crippen LogP contribution >= 0.6 is 0 Å². The number of nitrogens with one attached hydrogen (secondary N) is 2. The molecule has 96 valence electrons. The quantitative estimate of drug-likeness (QED) is 0.745. The minimum atomic E-state index is -0.0578. The lowest BCUT2D eigenvalue weighted by atomic mass is 10.1. The number of nitrogens with zero attached hydrogens (tertiary/aromatic N) is 2. The largest absolute Gasteiger partial charge is 0.360 e. The molecule has 3 aromatic rings. The van der Waals surface area contributed by atoms with Crippen LogP contribution in [0.1, 0.15) is 10.4 Å². The molecule has 1 amide bonds. The Hall–Kier alpha value is -2.56. The van der Waals surface area contributed by atoms with E-state index in [1.165, 1.54) is 0 Å². The van der Waals surface area contributed by atoms with E-state index >= 15 is 0 Å².